The van der Waals surface area contributed by atoms with Crippen LogP contribution >= 0.6 is 11.6 Å². The maximum Gasteiger partial charge on any atom is 0.241 e. The minimum Gasteiger partial charge on any atom is -0.335 e. The summed E-state index contributed by atoms with van der Waals surface area (Å²) in [6.07, 6.45) is 4.19. The van der Waals surface area contributed by atoms with Crippen molar-refractivity contribution >= 4 is 29.3 Å². The van der Waals surface area contributed by atoms with Crippen LogP contribution in [0.4, 0.5) is 5.69 Å². The van der Waals surface area contributed by atoms with Gasteiger partial charge in [-0.15, -0.1) is 0 Å². The van der Waals surface area contributed by atoms with E-state index in [4.69, 9.17) is 11.6 Å². The van der Waals surface area contributed by atoms with Crippen LogP contribution in [0.1, 0.15) is 30.5 Å². The van der Waals surface area contributed by atoms with Crippen LogP contribution < -0.4 is 10.2 Å². The largest absolute Gasteiger partial charge is 0.335 e. The van der Waals surface area contributed by atoms with Crippen molar-refractivity contribution in [1.82, 2.24) is 5.32 Å². The van der Waals surface area contributed by atoms with Gasteiger partial charge in [-0.25, -0.2) is 0 Å². The molecule has 0 radical (unpaired) electrons. The smallest absolute Gasteiger partial charge is 0.241 e. The minimum atomic E-state index is -0.556. The van der Waals surface area contributed by atoms with Crippen LogP contribution in [-0.4, -0.2) is 18.1 Å². The van der Waals surface area contributed by atoms with Crippen LogP contribution in [0.2, 0.25) is 5.02 Å². The lowest BCUT2D eigenvalue weighted by molar-refractivity contribution is -0.118. The van der Waals surface area contributed by atoms with E-state index in [0.717, 1.165) is 16.3 Å². The average Bonchev–Trinajstić information content (AvgIpc) is 2.99. The summed E-state index contributed by atoms with van der Waals surface area (Å²) in [5.74, 6) is 0.0556. The fourth-order valence-corrected chi connectivity index (χ4v) is 4.20. The normalized spacial score (nSPS) is 23.7. The average molecular weight is 353 g/mol. The van der Waals surface area contributed by atoms with Gasteiger partial charge in [0.05, 0.1) is 6.54 Å². The standard InChI is InChI=1S/C21H21ClN2O/c1-14-4-9-18-17(12-14)20(2,3)21(23-19(25)13-24(18)21)11-10-15-5-7-16(22)8-6-15/h4-12H,13H2,1-3H3,(H,23,25)/b11-10+/t21-/m1/s1. The summed E-state index contributed by atoms with van der Waals surface area (Å²) in [5.41, 5.74) is 3.89. The first-order valence-electron chi connectivity index (χ1n) is 8.48. The molecule has 2 aliphatic rings. The van der Waals surface area contributed by atoms with Crippen LogP contribution in [0.3, 0.4) is 0 Å². The zero-order chi connectivity index (χ0) is 17.8. The lowest BCUT2D eigenvalue weighted by atomic mass is 9.75. The van der Waals surface area contributed by atoms with Gasteiger partial charge >= 0.3 is 0 Å². The van der Waals surface area contributed by atoms with Crippen molar-refractivity contribution < 1.29 is 4.79 Å². The van der Waals surface area contributed by atoms with Crippen LogP contribution in [0.25, 0.3) is 6.08 Å². The zero-order valence-corrected chi connectivity index (χ0v) is 15.4. The van der Waals surface area contributed by atoms with E-state index in [1.165, 1.54) is 11.1 Å². The van der Waals surface area contributed by atoms with Gasteiger partial charge in [-0.2, -0.15) is 0 Å². The number of rotatable bonds is 2. The predicted molar refractivity (Wildman–Crippen MR) is 103 cm³/mol. The number of nitrogens with zero attached hydrogens (tertiary/aromatic N) is 1. The molecule has 2 heterocycles. The first kappa shape index (κ1) is 16.2. The van der Waals surface area contributed by atoms with Gasteiger partial charge in [0, 0.05) is 16.1 Å². The van der Waals surface area contributed by atoms with Crippen molar-refractivity contribution in [2.75, 3.05) is 11.4 Å². The van der Waals surface area contributed by atoms with Gasteiger partial charge in [-0.05, 0) is 42.3 Å². The Kier molecular flexibility index (Phi) is 3.48. The molecular formula is C21H21ClN2O. The highest BCUT2D eigenvalue weighted by Gasteiger charge is 2.59. The summed E-state index contributed by atoms with van der Waals surface area (Å²) >= 11 is 5.98. The monoisotopic (exact) mass is 352 g/mol. The predicted octanol–water partition coefficient (Wildman–Crippen LogP) is 4.29. The lowest BCUT2D eigenvalue weighted by Gasteiger charge is -2.40. The second-order valence-corrected chi connectivity index (χ2v) is 7.87. The Balaban J connectivity index is 1.83. The molecule has 1 atom stereocenters. The number of fused-ring (bicyclic) bond motifs is 3. The summed E-state index contributed by atoms with van der Waals surface area (Å²) in [5, 5.41) is 3.96. The highest BCUT2D eigenvalue weighted by Crippen LogP contribution is 2.53. The second kappa shape index (κ2) is 5.37. The summed E-state index contributed by atoms with van der Waals surface area (Å²) in [6.45, 7) is 6.88. The molecule has 0 saturated carbocycles. The van der Waals surface area contributed by atoms with Gasteiger partial charge in [0.15, 0.2) is 0 Å². The number of benzene rings is 2. The maximum absolute atomic E-state index is 12.3. The van der Waals surface area contributed by atoms with E-state index in [9.17, 15) is 4.79 Å². The van der Waals surface area contributed by atoms with Gasteiger partial charge < -0.3 is 10.2 Å². The zero-order valence-electron chi connectivity index (χ0n) is 14.6. The molecule has 4 heteroatoms. The number of hydrogen-bond donors (Lipinski definition) is 1. The molecule has 0 spiro atoms. The molecule has 0 bridgehead atoms. The van der Waals surface area contributed by atoms with E-state index in [0.29, 0.717) is 6.54 Å². The molecule has 1 fully saturated rings. The molecule has 1 saturated heterocycles. The number of hydrogen-bond acceptors (Lipinski definition) is 2. The summed E-state index contributed by atoms with van der Waals surface area (Å²) in [4.78, 5) is 14.5. The summed E-state index contributed by atoms with van der Waals surface area (Å²) in [7, 11) is 0. The highest BCUT2D eigenvalue weighted by molar-refractivity contribution is 6.30. The Morgan fingerprint density at radius 1 is 1.16 bits per heavy atom. The first-order valence-corrected chi connectivity index (χ1v) is 8.86. The molecule has 0 aliphatic carbocycles. The second-order valence-electron chi connectivity index (χ2n) is 7.43. The van der Waals surface area contributed by atoms with Crippen LogP contribution in [-0.2, 0) is 10.2 Å². The molecule has 0 aromatic heterocycles. The highest BCUT2D eigenvalue weighted by atomic mass is 35.5. The number of nitrogens with one attached hydrogen (secondary N) is 1. The van der Waals surface area contributed by atoms with E-state index in [-0.39, 0.29) is 11.3 Å². The minimum absolute atomic E-state index is 0.0556. The summed E-state index contributed by atoms with van der Waals surface area (Å²) in [6, 6.07) is 14.2. The Bertz CT molecular complexity index is 885. The number of halogens is 1. The molecule has 2 aliphatic heterocycles. The molecule has 2 aromatic carbocycles. The quantitative estimate of drug-likeness (QED) is 0.874. The van der Waals surface area contributed by atoms with Crippen molar-refractivity contribution in [3.63, 3.8) is 0 Å². The molecule has 1 amide bonds. The van der Waals surface area contributed by atoms with E-state index in [1.54, 1.807) is 0 Å². The van der Waals surface area contributed by atoms with Crippen LogP contribution in [0.15, 0.2) is 48.5 Å². The number of aryl methyl sites for hydroxylation is 1. The lowest BCUT2D eigenvalue weighted by Crippen LogP contribution is -2.58. The third-order valence-corrected chi connectivity index (χ3v) is 5.77. The molecule has 25 heavy (non-hydrogen) atoms. The Hall–Kier alpha value is -2.26. The molecule has 2 aromatic rings. The van der Waals surface area contributed by atoms with Gasteiger partial charge in [-0.1, -0.05) is 61.4 Å². The molecule has 4 rings (SSSR count). The Labute approximate surface area is 153 Å². The van der Waals surface area contributed by atoms with Crippen molar-refractivity contribution in [2.24, 2.45) is 0 Å². The van der Waals surface area contributed by atoms with Crippen LogP contribution in [0.5, 0.6) is 0 Å². The first-order chi connectivity index (χ1) is 11.8. The van der Waals surface area contributed by atoms with Crippen molar-refractivity contribution in [3.05, 3.63) is 70.3 Å². The Morgan fingerprint density at radius 2 is 1.88 bits per heavy atom. The fourth-order valence-electron chi connectivity index (χ4n) is 4.08. The van der Waals surface area contributed by atoms with E-state index in [2.05, 4.69) is 61.3 Å². The summed E-state index contributed by atoms with van der Waals surface area (Å²) < 4.78 is 0. The molecule has 3 nitrogen and oxygen atoms in total. The third-order valence-electron chi connectivity index (χ3n) is 5.51. The van der Waals surface area contributed by atoms with Crippen molar-refractivity contribution in [3.8, 4) is 0 Å². The number of anilines is 1. The number of amides is 1. The van der Waals surface area contributed by atoms with Crippen molar-refractivity contribution in [1.29, 1.82) is 0 Å². The molecule has 0 unspecified atom stereocenters. The van der Waals surface area contributed by atoms with E-state index in [1.807, 2.05) is 24.3 Å². The maximum atomic E-state index is 12.3. The van der Waals surface area contributed by atoms with Gasteiger partial charge in [0.2, 0.25) is 5.91 Å². The Morgan fingerprint density at radius 3 is 2.60 bits per heavy atom. The topological polar surface area (TPSA) is 32.3 Å². The molecule has 1 N–H and O–H groups in total. The number of carbonyl (C=O) groups is 1. The fraction of sp³-hybridized carbons (Fsp3) is 0.286. The molecule has 128 valence electrons. The van der Waals surface area contributed by atoms with Gasteiger partial charge in [0.25, 0.3) is 0 Å². The SMILES string of the molecule is Cc1ccc2c(c1)C(C)(C)[C@]1(/C=C/c3ccc(Cl)cc3)NC(=O)CN21. The number of carbonyl (C=O) groups excluding carboxylic acids is 1. The van der Waals surface area contributed by atoms with E-state index >= 15 is 0 Å². The van der Waals surface area contributed by atoms with Gasteiger partial charge in [-0.3, -0.25) is 4.79 Å². The van der Waals surface area contributed by atoms with Crippen molar-refractivity contribution in [2.45, 2.75) is 31.8 Å². The molecular weight excluding hydrogens is 332 g/mol. The third kappa shape index (κ3) is 2.30. The van der Waals surface area contributed by atoms with Crippen LogP contribution in [0, 0.1) is 6.92 Å². The van der Waals surface area contributed by atoms with Gasteiger partial charge in [0.1, 0.15) is 5.66 Å². The van der Waals surface area contributed by atoms with E-state index < -0.39 is 5.66 Å².